The van der Waals surface area contributed by atoms with Gasteiger partial charge in [-0.3, -0.25) is 9.69 Å². The van der Waals surface area contributed by atoms with Gasteiger partial charge in [-0.15, -0.1) is 0 Å². The summed E-state index contributed by atoms with van der Waals surface area (Å²) < 4.78 is 0. The molecule has 3 heterocycles. The summed E-state index contributed by atoms with van der Waals surface area (Å²) in [6.07, 6.45) is 1.27. The monoisotopic (exact) mass is 341 g/mol. The zero-order valence-electron chi connectivity index (χ0n) is 14.9. The van der Waals surface area contributed by atoms with Gasteiger partial charge in [-0.2, -0.15) is 0 Å². The normalized spacial score (nSPS) is 25.6. The minimum atomic E-state index is -0.0408. The maximum atomic E-state index is 12.2. The van der Waals surface area contributed by atoms with E-state index in [1.165, 1.54) is 13.0 Å². The number of nitrogens with zero attached hydrogens (tertiary/aromatic N) is 3. The van der Waals surface area contributed by atoms with E-state index in [1.807, 2.05) is 24.3 Å². The van der Waals surface area contributed by atoms with E-state index in [4.69, 9.17) is 0 Å². The van der Waals surface area contributed by atoms with Crippen LogP contribution in [-0.2, 0) is 6.54 Å². The van der Waals surface area contributed by atoms with E-state index in [1.54, 1.807) is 0 Å². The summed E-state index contributed by atoms with van der Waals surface area (Å²) in [5.74, 6) is 0.768. The van der Waals surface area contributed by atoms with E-state index < -0.39 is 0 Å². The van der Waals surface area contributed by atoms with E-state index in [0.29, 0.717) is 17.3 Å². The van der Waals surface area contributed by atoms with E-state index >= 15 is 0 Å². The zero-order chi connectivity index (χ0) is 17.3. The van der Waals surface area contributed by atoms with Crippen molar-refractivity contribution in [2.45, 2.75) is 19.9 Å². The van der Waals surface area contributed by atoms with Crippen molar-refractivity contribution >= 4 is 10.9 Å². The lowest BCUT2D eigenvalue weighted by Gasteiger charge is -2.38. The molecule has 0 aliphatic carbocycles. The largest absolute Gasteiger partial charge is 0.316 e. The summed E-state index contributed by atoms with van der Waals surface area (Å²) in [6, 6.07) is 7.53. The molecule has 2 aromatic rings. The molecule has 2 N–H and O–H groups in total. The molecule has 2 aliphatic heterocycles. The minimum Gasteiger partial charge on any atom is -0.316 e. The lowest BCUT2D eigenvalue weighted by Crippen LogP contribution is -2.49. The second-order valence-electron chi connectivity index (χ2n) is 7.82. The van der Waals surface area contributed by atoms with Gasteiger partial charge in [0.05, 0.1) is 17.4 Å². The fourth-order valence-electron chi connectivity index (χ4n) is 4.07. The molecule has 1 atom stereocenters. The average Bonchev–Trinajstić information content (AvgIpc) is 3.03. The van der Waals surface area contributed by atoms with Crippen molar-refractivity contribution in [3.8, 4) is 0 Å². The summed E-state index contributed by atoms with van der Waals surface area (Å²) >= 11 is 0. The van der Waals surface area contributed by atoms with Crippen LogP contribution in [0.1, 0.15) is 19.2 Å². The van der Waals surface area contributed by atoms with Gasteiger partial charge < -0.3 is 15.2 Å². The van der Waals surface area contributed by atoms with Crippen molar-refractivity contribution < 1.29 is 0 Å². The third kappa shape index (κ3) is 3.76. The summed E-state index contributed by atoms with van der Waals surface area (Å²) in [7, 11) is 0. The lowest BCUT2D eigenvalue weighted by molar-refractivity contribution is 0.0919. The smallest absolute Gasteiger partial charge is 0.258 e. The summed E-state index contributed by atoms with van der Waals surface area (Å²) in [6.45, 7) is 10.8. The van der Waals surface area contributed by atoms with Crippen LogP contribution in [0.3, 0.4) is 0 Å². The van der Waals surface area contributed by atoms with Gasteiger partial charge in [0.15, 0.2) is 0 Å². The fourth-order valence-corrected chi connectivity index (χ4v) is 4.07. The highest BCUT2D eigenvalue weighted by atomic mass is 16.1. The lowest BCUT2D eigenvalue weighted by atomic mass is 9.89. The first-order valence-corrected chi connectivity index (χ1v) is 9.25. The SMILES string of the molecule is CC1(CN2CCN(Cc3nc4ccccc4c(=O)[nH]3)CC2)CCNC1. The zero-order valence-corrected chi connectivity index (χ0v) is 14.9. The molecule has 2 saturated heterocycles. The van der Waals surface area contributed by atoms with Crippen LogP contribution in [-0.4, -0.2) is 65.6 Å². The fraction of sp³-hybridized carbons (Fsp3) is 0.579. The van der Waals surface area contributed by atoms with Crippen molar-refractivity contribution in [1.29, 1.82) is 0 Å². The van der Waals surface area contributed by atoms with Crippen LogP contribution in [0.15, 0.2) is 29.1 Å². The Hall–Kier alpha value is -1.76. The number of hydrogen-bond donors (Lipinski definition) is 2. The number of benzene rings is 1. The third-order valence-corrected chi connectivity index (χ3v) is 5.56. The summed E-state index contributed by atoms with van der Waals surface area (Å²) in [5, 5.41) is 4.15. The van der Waals surface area contributed by atoms with Gasteiger partial charge in [0.1, 0.15) is 5.82 Å². The van der Waals surface area contributed by atoms with Gasteiger partial charge in [-0.05, 0) is 30.5 Å². The van der Waals surface area contributed by atoms with Crippen molar-refractivity contribution in [2.75, 3.05) is 45.8 Å². The molecule has 6 heteroatoms. The highest BCUT2D eigenvalue weighted by molar-refractivity contribution is 5.77. The Balaban J connectivity index is 1.36. The Labute approximate surface area is 148 Å². The Morgan fingerprint density at radius 2 is 1.92 bits per heavy atom. The molecule has 4 rings (SSSR count). The van der Waals surface area contributed by atoms with Crippen LogP contribution in [0.4, 0.5) is 0 Å². The highest BCUT2D eigenvalue weighted by Gasteiger charge is 2.31. The summed E-state index contributed by atoms with van der Waals surface area (Å²) in [5.41, 5.74) is 1.16. The van der Waals surface area contributed by atoms with Crippen LogP contribution in [0.5, 0.6) is 0 Å². The second kappa shape index (κ2) is 6.86. The molecule has 1 unspecified atom stereocenters. The molecule has 1 aromatic carbocycles. The number of aromatic amines is 1. The predicted molar refractivity (Wildman–Crippen MR) is 99.7 cm³/mol. The van der Waals surface area contributed by atoms with Crippen LogP contribution in [0.25, 0.3) is 10.9 Å². The van der Waals surface area contributed by atoms with Crippen molar-refractivity contribution in [2.24, 2.45) is 5.41 Å². The maximum absolute atomic E-state index is 12.2. The summed E-state index contributed by atoms with van der Waals surface area (Å²) in [4.78, 5) is 24.7. The van der Waals surface area contributed by atoms with Crippen molar-refractivity contribution in [1.82, 2.24) is 25.1 Å². The minimum absolute atomic E-state index is 0.0408. The van der Waals surface area contributed by atoms with Gasteiger partial charge in [0.2, 0.25) is 0 Å². The molecular formula is C19H27N5O. The van der Waals surface area contributed by atoms with Gasteiger partial charge in [0.25, 0.3) is 5.56 Å². The first-order valence-electron chi connectivity index (χ1n) is 9.25. The van der Waals surface area contributed by atoms with Gasteiger partial charge in [0, 0.05) is 39.3 Å². The predicted octanol–water partition coefficient (Wildman–Crippen LogP) is 1.04. The number of para-hydroxylation sites is 1. The topological polar surface area (TPSA) is 64.3 Å². The molecular weight excluding hydrogens is 314 g/mol. The molecule has 2 aliphatic rings. The average molecular weight is 341 g/mol. The number of piperazine rings is 1. The van der Waals surface area contributed by atoms with E-state index in [2.05, 4.69) is 32.0 Å². The van der Waals surface area contributed by atoms with Crippen LogP contribution in [0.2, 0.25) is 0 Å². The molecule has 6 nitrogen and oxygen atoms in total. The molecule has 0 amide bonds. The molecule has 0 spiro atoms. The number of nitrogens with one attached hydrogen (secondary N) is 2. The maximum Gasteiger partial charge on any atom is 0.258 e. The van der Waals surface area contributed by atoms with Gasteiger partial charge in [-0.25, -0.2) is 4.98 Å². The number of H-pyrrole nitrogens is 1. The quantitative estimate of drug-likeness (QED) is 0.870. The molecule has 134 valence electrons. The van der Waals surface area contributed by atoms with Crippen LogP contribution in [0, 0.1) is 5.41 Å². The standard InChI is InChI=1S/C19H27N5O/c1-19(6-7-20-13-19)14-24-10-8-23(9-11-24)12-17-21-16-5-3-2-4-15(16)18(25)22-17/h2-5,20H,6-14H2,1H3,(H,21,22,25). The van der Waals surface area contributed by atoms with Crippen LogP contribution >= 0.6 is 0 Å². The van der Waals surface area contributed by atoms with E-state index in [9.17, 15) is 4.79 Å². The molecule has 2 fully saturated rings. The van der Waals surface area contributed by atoms with Crippen LogP contribution < -0.4 is 10.9 Å². The van der Waals surface area contributed by atoms with Crippen molar-refractivity contribution in [3.63, 3.8) is 0 Å². The Kier molecular flexibility index (Phi) is 4.58. The third-order valence-electron chi connectivity index (χ3n) is 5.56. The van der Waals surface area contributed by atoms with Crippen molar-refractivity contribution in [3.05, 3.63) is 40.4 Å². The molecule has 0 saturated carbocycles. The molecule has 0 radical (unpaired) electrons. The molecule has 25 heavy (non-hydrogen) atoms. The Morgan fingerprint density at radius 3 is 2.68 bits per heavy atom. The number of fused-ring (bicyclic) bond motifs is 1. The van der Waals surface area contributed by atoms with E-state index in [0.717, 1.165) is 50.6 Å². The second-order valence-corrected chi connectivity index (χ2v) is 7.82. The highest BCUT2D eigenvalue weighted by Crippen LogP contribution is 2.26. The van der Waals surface area contributed by atoms with E-state index in [-0.39, 0.29) is 5.56 Å². The number of hydrogen-bond acceptors (Lipinski definition) is 5. The first-order chi connectivity index (χ1) is 12.1. The number of rotatable bonds is 4. The Bertz CT molecular complexity index is 788. The molecule has 0 bridgehead atoms. The van der Waals surface area contributed by atoms with Gasteiger partial charge in [-0.1, -0.05) is 19.1 Å². The number of aromatic nitrogens is 2. The molecule has 1 aromatic heterocycles. The Morgan fingerprint density at radius 1 is 1.16 bits per heavy atom. The van der Waals surface area contributed by atoms with Gasteiger partial charge >= 0.3 is 0 Å². The first kappa shape index (κ1) is 16.7.